The van der Waals surface area contributed by atoms with Crippen molar-refractivity contribution in [3.63, 3.8) is 0 Å². The molecule has 1 N–H and O–H groups in total. The third kappa shape index (κ3) is 3.65. The molecule has 0 saturated heterocycles. The van der Waals surface area contributed by atoms with Crippen LogP contribution in [0.15, 0.2) is 51.5 Å². The summed E-state index contributed by atoms with van der Waals surface area (Å²) in [6, 6.07) is 13.0. The summed E-state index contributed by atoms with van der Waals surface area (Å²) < 4.78 is 1.67. The summed E-state index contributed by atoms with van der Waals surface area (Å²) >= 11 is 6.61. The van der Waals surface area contributed by atoms with Gasteiger partial charge in [0, 0.05) is 11.0 Å². The minimum atomic E-state index is -0.181. The molecule has 0 fully saturated rings. The fourth-order valence-electron chi connectivity index (χ4n) is 1.41. The maximum Gasteiger partial charge on any atom is 0.270 e. The summed E-state index contributed by atoms with van der Waals surface area (Å²) in [4.78, 5) is 15.9. The summed E-state index contributed by atoms with van der Waals surface area (Å²) in [7, 11) is 0. The van der Waals surface area contributed by atoms with Gasteiger partial charge in [-0.05, 0) is 45.8 Å². The van der Waals surface area contributed by atoms with Crippen LogP contribution in [0.5, 0.6) is 0 Å². The first-order valence-electron chi connectivity index (χ1n) is 5.30. The first-order chi connectivity index (χ1) is 8.65. The van der Waals surface area contributed by atoms with Gasteiger partial charge in [-0.1, -0.05) is 34.1 Å². The van der Waals surface area contributed by atoms with Crippen LogP contribution in [0.1, 0.15) is 16.1 Å². The Balaban J connectivity index is 1.98. The molecule has 1 heterocycles. The molecule has 0 aliphatic rings. The van der Waals surface area contributed by atoms with Crippen LogP contribution in [0.25, 0.3) is 0 Å². The van der Waals surface area contributed by atoms with Crippen LogP contribution in [-0.2, 0) is 6.54 Å². The molecule has 1 amide bonds. The largest absolute Gasteiger partial charge is 0.347 e. The normalized spacial score (nSPS) is 10.1. The van der Waals surface area contributed by atoms with E-state index in [1.165, 1.54) is 0 Å². The maximum absolute atomic E-state index is 11.8. The standard InChI is InChI=1S/C13H10Br2N2O/c14-10-6-4-9(5-7-10)8-16-13(18)11-2-1-3-12(15)17-11/h1-7H,8H2,(H,16,18). The summed E-state index contributed by atoms with van der Waals surface area (Å²) in [6.07, 6.45) is 0. The second-order valence-electron chi connectivity index (χ2n) is 3.65. The molecular formula is C13H10Br2N2O. The van der Waals surface area contributed by atoms with Crippen molar-refractivity contribution in [3.05, 3.63) is 62.8 Å². The van der Waals surface area contributed by atoms with Gasteiger partial charge < -0.3 is 5.32 Å². The number of hydrogen-bond donors (Lipinski definition) is 1. The van der Waals surface area contributed by atoms with Gasteiger partial charge in [-0.2, -0.15) is 0 Å². The van der Waals surface area contributed by atoms with Gasteiger partial charge in [-0.3, -0.25) is 4.79 Å². The Bertz CT molecular complexity index is 555. The average molecular weight is 370 g/mol. The third-order valence-corrected chi connectivity index (χ3v) is 3.28. The van der Waals surface area contributed by atoms with Gasteiger partial charge in [-0.15, -0.1) is 0 Å². The van der Waals surface area contributed by atoms with Gasteiger partial charge in [0.1, 0.15) is 10.3 Å². The highest BCUT2D eigenvalue weighted by molar-refractivity contribution is 9.10. The number of rotatable bonds is 3. The Morgan fingerprint density at radius 1 is 1.11 bits per heavy atom. The van der Waals surface area contributed by atoms with Crippen LogP contribution >= 0.6 is 31.9 Å². The highest BCUT2D eigenvalue weighted by Gasteiger charge is 2.06. The Kier molecular flexibility index (Phi) is 4.49. The number of halogens is 2. The van der Waals surface area contributed by atoms with Gasteiger partial charge in [0.25, 0.3) is 5.91 Å². The quantitative estimate of drug-likeness (QED) is 0.841. The Hall–Kier alpha value is -1.20. The van der Waals surface area contributed by atoms with Gasteiger partial charge in [0.2, 0.25) is 0 Å². The van der Waals surface area contributed by atoms with Crippen LogP contribution in [0, 0.1) is 0 Å². The molecular weight excluding hydrogens is 360 g/mol. The molecule has 2 aromatic rings. The molecule has 5 heteroatoms. The molecule has 0 aliphatic heterocycles. The molecule has 1 aromatic carbocycles. The van der Waals surface area contributed by atoms with E-state index in [4.69, 9.17) is 0 Å². The SMILES string of the molecule is O=C(NCc1ccc(Br)cc1)c1cccc(Br)n1. The van der Waals surface area contributed by atoms with Crippen molar-refractivity contribution >= 4 is 37.8 Å². The van der Waals surface area contributed by atoms with Gasteiger partial charge in [0.15, 0.2) is 0 Å². The summed E-state index contributed by atoms with van der Waals surface area (Å²) in [5.74, 6) is -0.181. The number of aromatic nitrogens is 1. The Morgan fingerprint density at radius 2 is 1.83 bits per heavy atom. The molecule has 18 heavy (non-hydrogen) atoms. The minimum absolute atomic E-state index is 0.181. The van der Waals surface area contributed by atoms with Crippen molar-refractivity contribution in [1.29, 1.82) is 0 Å². The lowest BCUT2D eigenvalue weighted by molar-refractivity contribution is 0.0946. The lowest BCUT2D eigenvalue weighted by Crippen LogP contribution is -2.23. The second-order valence-corrected chi connectivity index (χ2v) is 5.38. The number of nitrogens with zero attached hydrogens (tertiary/aromatic N) is 1. The van der Waals surface area contributed by atoms with Crippen molar-refractivity contribution in [2.75, 3.05) is 0 Å². The third-order valence-electron chi connectivity index (χ3n) is 2.31. The van der Waals surface area contributed by atoms with Crippen LogP contribution in [0.3, 0.4) is 0 Å². The number of carbonyl (C=O) groups is 1. The van der Waals surface area contributed by atoms with Crippen LogP contribution < -0.4 is 5.32 Å². The van der Waals surface area contributed by atoms with E-state index in [1.54, 1.807) is 18.2 Å². The van der Waals surface area contributed by atoms with Crippen molar-refractivity contribution in [3.8, 4) is 0 Å². The van der Waals surface area contributed by atoms with E-state index < -0.39 is 0 Å². The van der Waals surface area contributed by atoms with E-state index in [2.05, 4.69) is 42.2 Å². The predicted octanol–water partition coefficient (Wildman–Crippen LogP) is 3.54. The highest BCUT2D eigenvalue weighted by Crippen LogP contribution is 2.10. The van der Waals surface area contributed by atoms with Gasteiger partial charge >= 0.3 is 0 Å². The lowest BCUT2D eigenvalue weighted by atomic mass is 10.2. The maximum atomic E-state index is 11.8. The molecule has 0 radical (unpaired) electrons. The fourth-order valence-corrected chi connectivity index (χ4v) is 2.02. The minimum Gasteiger partial charge on any atom is -0.347 e. The van der Waals surface area contributed by atoms with Crippen molar-refractivity contribution in [2.24, 2.45) is 0 Å². The first kappa shape index (κ1) is 13.2. The second kappa shape index (κ2) is 6.11. The highest BCUT2D eigenvalue weighted by atomic mass is 79.9. The number of amides is 1. The summed E-state index contributed by atoms with van der Waals surface area (Å²) in [6.45, 7) is 0.486. The summed E-state index contributed by atoms with van der Waals surface area (Å²) in [5.41, 5.74) is 1.45. The van der Waals surface area contributed by atoms with Gasteiger partial charge in [0.05, 0.1) is 0 Å². The molecule has 3 nitrogen and oxygen atoms in total. The fraction of sp³-hybridized carbons (Fsp3) is 0.0769. The molecule has 0 spiro atoms. The molecule has 1 aromatic heterocycles. The Morgan fingerprint density at radius 3 is 2.50 bits per heavy atom. The topological polar surface area (TPSA) is 42.0 Å². The van der Waals surface area contributed by atoms with Crippen molar-refractivity contribution in [1.82, 2.24) is 10.3 Å². The summed E-state index contributed by atoms with van der Waals surface area (Å²) in [5, 5.41) is 2.82. The Labute approximate surface area is 122 Å². The van der Waals surface area contributed by atoms with Gasteiger partial charge in [-0.25, -0.2) is 4.98 Å². The molecule has 0 aliphatic carbocycles. The number of nitrogens with one attached hydrogen (secondary N) is 1. The first-order valence-corrected chi connectivity index (χ1v) is 6.89. The smallest absolute Gasteiger partial charge is 0.270 e. The number of carbonyl (C=O) groups excluding carboxylic acids is 1. The number of benzene rings is 1. The number of hydrogen-bond acceptors (Lipinski definition) is 2. The molecule has 2 rings (SSSR count). The monoisotopic (exact) mass is 368 g/mol. The van der Waals surface area contributed by atoms with E-state index in [0.717, 1.165) is 10.0 Å². The van der Waals surface area contributed by atoms with Crippen LogP contribution in [-0.4, -0.2) is 10.9 Å². The lowest BCUT2D eigenvalue weighted by Gasteiger charge is -2.05. The van der Waals surface area contributed by atoms with Crippen molar-refractivity contribution < 1.29 is 4.79 Å². The number of pyridine rings is 1. The molecule has 0 bridgehead atoms. The molecule has 0 atom stereocenters. The van der Waals surface area contributed by atoms with E-state index in [1.807, 2.05) is 24.3 Å². The average Bonchev–Trinajstić information content (AvgIpc) is 2.38. The van der Waals surface area contributed by atoms with E-state index in [0.29, 0.717) is 16.8 Å². The molecule has 0 unspecified atom stereocenters. The zero-order chi connectivity index (χ0) is 13.0. The van der Waals surface area contributed by atoms with E-state index in [-0.39, 0.29) is 5.91 Å². The predicted molar refractivity (Wildman–Crippen MR) is 77.2 cm³/mol. The zero-order valence-electron chi connectivity index (χ0n) is 9.36. The van der Waals surface area contributed by atoms with Crippen LogP contribution in [0.4, 0.5) is 0 Å². The van der Waals surface area contributed by atoms with Crippen molar-refractivity contribution in [2.45, 2.75) is 6.54 Å². The molecule has 92 valence electrons. The zero-order valence-corrected chi connectivity index (χ0v) is 12.5. The van der Waals surface area contributed by atoms with Crippen LogP contribution in [0.2, 0.25) is 0 Å². The molecule has 0 saturated carbocycles. The van der Waals surface area contributed by atoms with E-state index >= 15 is 0 Å². The van der Waals surface area contributed by atoms with E-state index in [9.17, 15) is 4.79 Å².